The summed E-state index contributed by atoms with van der Waals surface area (Å²) in [6.07, 6.45) is -1.66. The average molecular weight is 417 g/mol. The van der Waals surface area contributed by atoms with Crippen LogP contribution < -0.4 is 5.43 Å². The summed E-state index contributed by atoms with van der Waals surface area (Å²) in [5, 5.41) is 8.97. The fraction of sp³-hybridized carbons (Fsp3) is 0.0500. The Kier molecular flexibility index (Phi) is 4.71. The molecule has 0 N–H and O–H groups in total. The number of nitrogens with zero attached hydrogens (tertiary/aromatic N) is 4. The van der Waals surface area contributed by atoms with E-state index in [0.29, 0.717) is 16.4 Å². The van der Waals surface area contributed by atoms with Crippen molar-refractivity contribution in [3.63, 3.8) is 0 Å². The largest absolute Gasteiger partial charge is 0.416 e. The topological polar surface area (TPSA) is 52.7 Å². The average Bonchev–Trinajstić information content (AvgIpc) is 3.17. The van der Waals surface area contributed by atoms with Crippen LogP contribution in [0.4, 0.5) is 13.2 Å². The maximum Gasteiger partial charge on any atom is 0.416 e. The fourth-order valence-electron chi connectivity index (χ4n) is 2.85. The van der Waals surface area contributed by atoms with E-state index in [9.17, 15) is 18.0 Å². The van der Waals surface area contributed by atoms with Crippen LogP contribution in [0.15, 0.2) is 77.9 Å². The Morgan fingerprint density at radius 1 is 0.931 bits per heavy atom. The molecule has 9 heteroatoms. The van der Waals surface area contributed by atoms with Crippen LogP contribution in [0, 0.1) is 0 Å². The monoisotopic (exact) mass is 416 g/mol. The van der Waals surface area contributed by atoms with Crippen LogP contribution >= 0.6 is 11.6 Å². The summed E-state index contributed by atoms with van der Waals surface area (Å²) in [5.74, 6) is 0. The highest BCUT2D eigenvalue weighted by Crippen LogP contribution is 2.30. The van der Waals surface area contributed by atoms with E-state index < -0.39 is 17.2 Å². The molecule has 29 heavy (non-hydrogen) atoms. The SMILES string of the molecule is O=c1ccn(-c2cccc(C(F)(F)F)c2)nc1-c1ccnn1-c1cccc(Cl)c1. The number of halogens is 4. The summed E-state index contributed by atoms with van der Waals surface area (Å²) in [6, 6.07) is 14.4. The van der Waals surface area contributed by atoms with Gasteiger partial charge in [0.2, 0.25) is 5.43 Å². The van der Waals surface area contributed by atoms with Gasteiger partial charge in [-0.05, 0) is 42.5 Å². The summed E-state index contributed by atoms with van der Waals surface area (Å²) in [6.45, 7) is 0. The summed E-state index contributed by atoms with van der Waals surface area (Å²) in [7, 11) is 0. The Bertz CT molecular complexity index is 1250. The van der Waals surface area contributed by atoms with E-state index in [1.807, 2.05) is 0 Å². The molecule has 5 nitrogen and oxygen atoms in total. The molecule has 2 aromatic carbocycles. The van der Waals surface area contributed by atoms with Gasteiger partial charge < -0.3 is 0 Å². The zero-order valence-corrected chi connectivity index (χ0v) is 15.4. The van der Waals surface area contributed by atoms with E-state index in [4.69, 9.17) is 11.6 Å². The van der Waals surface area contributed by atoms with Crippen molar-refractivity contribution in [2.45, 2.75) is 6.18 Å². The Hall–Kier alpha value is -3.39. The standard InChI is InChI=1S/C20H12ClF3N4O/c21-14-4-2-6-16(12-14)28-17(7-9-25-28)19-18(29)8-10-27(26-19)15-5-1-3-13(11-15)20(22,23)24/h1-12H. The second-order valence-electron chi connectivity index (χ2n) is 6.13. The first-order valence-electron chi connectivity index (χ1n) is 8.41. The smallest absolute Gasteiger partial charge is 0.287 e. The molecule has 0 fully saturated rings. The highest BCUT2D eigenvalue weighted by molar-refractivity contribution is 6.30. The van der Waals surface area contributed by atoms with Crippen LogP contribution in [-0.2, 0) is 6.18 Å². The summed E-state index contributed by atoms with van der Waals surface area (Å²) >= 11 is 6.03. The molecule has 0 saturated heterocycles. The molecule has 0 bridgehead atoms. The highest BCUT2D eigenvalue weighted by Gasteiger charge is 2.30. The van der Waals surface area contributed by atoms with Crippen molar-refractivity contribution in [2.24, 2.45) is 0 Å². The highest BCUT2D eigenvalue weighted by atomic mass is 35.5. The molecule has 0 spiro atoms. The number of aromatic nitrogens is 4. The van der Waals surface area contributed by atoms with Gasteiger partial charge in [0.15, 0.2) is 5.69 Å². The molecule has 2 aromatic heterocycles. The lowest BCUT2D eigenvalue weighted by molar-refractivity contribution is -0.137. The van der Waals surface area contributed by atoms with E-state index in [0.717, 1.165) is 12.1 Å². The number of hydrogen-bond donors (Lipinski definition) is 0. The van der Waals surface area contributed by atoms with Crippen molar-refractivity contribution in [3.05, 3.63) is 93.9 Å². The maximum atomic E-state index is 13.0. The first-order chi connectivity index (χ1) is 13.8. The third-order valence-electron chi connectivity index (χ3n) is 4.18. The Balaban J connectivity index is 1.83. The lowest BCUT2D eigenvalue weighted by Gasteiger charge is -2.12. The van der Waals surface area contributed by atoms with Gasteiger partial charge in [-0.2, -0.15) is 23.4 Å². The Morgan fingerprint density at radius 3 is 2.45 bits per heavy atom. The lowest BCUT2D eigenvalue weighted by atomic mass is 10.2. The molecule has 4 aromatic rings. The van der Waals surface area contributed by atoms with E-state index in [2.05, 4.69) is 10.2 Å². The molecular formula is C20H12ClF3N4O. The summed E-state index contributed by atoms with van der Waals surface area (Å²) in [4.78, 5) is 12.5. The molecule has 0 saturated carbocycles. The van der Waals surface area contributed by atoms with Crippen LogP contribution in [0.5, 0.6) is 0 Å². The zero-order chi connectivity index (χ0) is 20.6. The second kappa shape index (κ2) is 7.21. The number of alkyl halides is 3. The Morgan fingerprint density at radius 2 is 1.69 bits per heavy atom. The third kappa shape index (κ3) is 3.79. The van der Waals surface area contributed by atoms with Crippen molar-refractivity contribution in [1.29, 1.82) is 0 Å². The third-order valence-corrected chi connectivity index (χ3v) is 4.42. The predicted octanol–water partition coefficient (Wildman–Crippen LogP) is 4.76. The van der Waals surface area contributed by atoms with Crippen LogP contribution in [0.1, 0.15) is 5.56 Å². The van der Waals surface area contributed by atoms with Gasteiger partial charge in [-0.25, -0.2) is 9.36 Å². The molecule has 0 unspecified atom stereocenters. The van der Waals surface area contributed by atoms with Gasteiger partial charge in [0.25, 0.3) is 0 Å². The van der Waals surface area contributed by atoms with E-state index in [-0.39, 0.29) is 11.4 Å². The van der Waals surface area contributed by atoms with E-state index >= 15 is 0 Å². The molecule has 0 aliphatic heterocycles. The van der Waals surface area contributed by atoms with Crippen molar-refractivity contribution in [1.82, 2.24) is 19.6 Å². The maximum absolute atomic E-state index is 13.0. The minimum Gasteiger partial charge on any atom is -0.287 e. The number of rotatable bonds is 3. The molecule has 0 aliphatic rings. The first kappa shape index (κ1) is 18.9. The lowest BCUT2D eigenvalue weighted by Crippen LogP contribution is -2.15. The van der Waals surface area contributed by atoms with Crippen molar-refractivity contribution >= 4 is 11.6 Å². The van der Waals surface area contributed by atoms with Gasteiger partial charge in [-0.15, -0.1) is 0 Å². The molecule has 0 atom stereocenters. The van der Waals surface area contributed by atoms with Crippen molar-refractivity contribution in [2.75, 3.05) is 0 Å². The minimum atomic E-state index is -4.48. The van der Waals surface area contributed by atoms with Gasteiger partial charge in [0, 0.05) is 17.3 Å². The quantitative estimate of drug-likeness (QED) is 0.484. The number of hydrogen-bond acceptors (Lipinski definition) is 3. The van der Waals surface area contributed by atoms with Gasteiger partial charge >= 0.3 is 6.18 Å². The van der Waals surface area contributed by atoms with Crippen molar-refractivity contribution in [3.8, 4) is 22.8 Å². The molecule has 4 rings (SSSR count). The molecule has 2 heterocycles. The molecule has 0 radical (unpaired) electrons. The second-order valence-corrected chi connectivity index (χ2v) is 6.57. The molecule has 0 amide bonds. The van der Waals surface area contributed by atoms with Gasteiger partial charge in [0.05, 0.1) is 28.8 Å². The van der Waals surface area contributed by atoms with E-state index in [1.54, 1.807) is 30.3 Å². The van der Waals surface area contributed by atoms with Gasteiger partial charge in [-0.3, -0.25) is 4.79 Å². The Labute approximate surface area is 167 Å². The molecular weight excluding hydrogens is 405 g/mol. The van der Waals surface area contributed by atoms with Crippen LogP contribution in [0.2, 0.25) is 5.02 Å². The minimum absolute atomic E-state index is 0.0439. The number of benzene rings is 2. The van der Waals surface area contributed by atoms with Crippen LogP contribution in [0.3, 0.4) is 0 Å². The summed E-state index contributed by atoms with van der Waals surface area (Å²) < 4.78 is 41.8. The van der Waals surface area contributed by atoms with Gasteiger partial charge in [0.1, 0.15) is 0 Å². The predicted molar refractivity (Wildman–Crippen MR) is 102 cm³/mol. The zero-order valence-electron chi connectivity index (χ0n) is 14.6. The van der Waals surface area contributed by atoms with E-state index in [1.165, 1.54) is 40.0 Å². The first-order valence-corrected chi connectivity index (χ1v) is 8.79. The van der Waals surface area contributed by atoms with Crippen LogP contribution in [0.25, 0.3) is 22.8 Å². The molecule has 0 aliphatic carbocycles. The van der Waals surface area contributed by atoms with Crippen LogP contribution in [-0.4, -0.2) is 19.6 Å². The normalized spacial score (nSPS) is 11.6. The molecule has 146 valence electrons. The van der Waals surface area contributed by atoms with Gasteiger partial charge in [-0.1, -0.05) is 23.7 Å². The summed E-state index contributed by atoms with van der Waals surface area (Å²) in [5.41, 5.74) is 0.0297. The van der Waals surface area contributed by atoms with Crippen molar-refractivity contribution < 1.29 is 13.2 Å². The fourth-order valence-corrected chi connectivity index (χ4v) is 3.03.